The lowest BCUT2D eigenvalue weighted by molar-refractivity contribution is -0.137. The molecule has 2 aromatic carbocycles. The molecular weight excluding hydrogens is 432 g/mol. The first kappa shape index (κ1) is 27.0. The van der Waals surface area contributed by atoms with Crippen molar-refractivity contribution in [3.05, 3.63) is 66.7 Å². The number of benzene rings is 2. The molecule has 0 atom stereocenters. The zero-order valence-corrected chi connectivity index (χ0v) is 20.1. The Morgan fingerprint density at radius 1 is 0.706 bits per heavy atom. The summed E-state index contributed by atoms with van der Waals surface area (Å²) in [5.41, 5.74) is 0.470. The molecule has 0 aliphatic heterocycles. The number of hydrogen-bond donors (Lipinski definition) is 0. The summed E-state index contributed by atoms with van der Waals surface area (Å²) in [7, 11) is 0. The van der Waals surface area contributed by atoms with Crippen LogP contribution in [0.5, 0.6) is 17.2 Å². The minimum atomic E-state index is -0.415. The molecule has 0 saturated heterocycles. The van der Waals surface area contributed by atoms with Gasteiger partial charge in [0.05, 0.1) is 25.4 Å². The van der Waals surface area contributed by atoms with Crippen molar-refractivity contribution >= 4 is 11.9 Å². The van der Waals surface area contributed by atoms with Crippen LogP contribution in [-0.4, -0.2) is 31.8 Å². The Labute approximate surface area is 202 Å². The molecule has 0 spiro atoms. The van der Waals surface area contributed by atoms with Crippen molar-refractivity contribution in [1.82, 2.24) is 0 Å². The molecule has 0 fully saturated rings. The van der Waals surface area contributed by atoms with E-state index in [-0.39, 0.29) is 5.97 Å². The molecule has 0 bridgehead atoms. The fraction of sp³-hybridized carbons (Fsp3) is 0.429. The minimum Gasteiger partial charge on any atom is -0.494 e. The molecule has 0 unspecified atom stereocenters. The molecule has 0 saturated carbocycles. The third kappa shape index (κ3) is 11.0. The van der Waals surface area contributed by atoms with E-state index in [1.165, 1.54) is 25.3 Å². The van der Waals surface area contributed by atoms with Gasteiger partial charge in [0.25, 0.3) is 0 Å². The molecule has 34 heavy (non-hydrogen) atoms. The van der Waals surface area contributed by atoms with Gasteiger partial charge in [-0.3, -0.25) is 0 Å². The first-order valence-electron chi connectivity index (χ1n) is 12.1. The fourth-order valence-corrected chi connectivity index (χ4v) is 3.16. The SMILES string of the molecule is C=CC(=O)OCCCCCCOc1ccc(OC(=O)c2ccc(OCCCCCC)cc2)cc1. The predicted molar refractivity (Wildman–Crippen MR) is 133 cm³/mol. The van der Waals surface area contributed by atoms with Gasteiger partial charge in [-0.25, -0.2) is 9.59 Å². The van der Waals surface area contributed by atoms with E-state index in [4.69, 9.17) is 18.9 Å². The Bertz CT molecular complexity index is 857. The van der Waals surface area contributed by atoms with E-state index in [1.807, 2.05) is 0 Å². The van der Waals surface area contributed by atoms with Crippen LogP contribution in [0.25, 0.3) is 0 Å². The molecule has 0 radical (unpaired) electrons. The Morgan fingerprint density at radius 3 is 1.76 bits per heavy atom. The maximum Gasteiger partial charge on any atom is 0.343 e. The Hall–Kier alpha value is -3.28. The maximum absolute atomic E-state index is 12.4. The molecular formula is C28H36O6. The molecule has 0 heterocycles. The highest BCUT2D eigenvalue weighted by Crippen LogP contribution is 2.20. The monoisotopic (exact) mass is 468 g/mol. The van der Waals surface area contributed by atoms with Crippen molar-refractivity contribution in [3.63, 3.8) is 0 Å². The third-order valence-corrected chi connectivity index (χ3v) is 5.11. The van der Waals surface area contributed by atoms with Gasteiger partial charge in [-0.05, 0) is 80.6 Å². The Morgan fingerprint density at radius 2 is 1.21 bits per heavy atom. The number of ether oxygens (including phenoxy) is 4. The maximum atomic E-state index is 12.4. The lowest BCUT2D eigenvalue weighted by Crippen LogP contribution is -2.08. The summed E-state index contributed by atoms with van der Waals surface area (Å²) in [5.74, 6) is 1.14. The average Bonchev–Trinajstić information content (AvgIpc) is 2.86. The van der Waals surface area contributed by atoms with Crippen molar-refractivity contribution in [2.24, 2.45) is 0 Å². The molecule has 0 aromatic heterocycles. The number of carbonyl (C=O) groups is 2. The molecule has 2 aromatic rings. The van der Waals surface area contributed by atoms with Gasteiger partial charge in [-0.1, -0.05) is 32.8 Å². The molecule has 0 aliphatic rings. The van der Waals surface area contributed by atoms with E-state index in [1.54, 1.807) is 48.5 Å². The van der Waals surface area contributed by atoms with Gasteiger partial charge >= 0.3 is 11.9 Å². The van der Waals surface area contributed by atoms with Crippen LogP contribution < -0.4 is 14.2 Å². The number of unbranched alkanes of at least 4 members (excludes halogenated alkanes) is 6. The smallest absolute Gasteiger partial charge is 0.343 e. The van der Waals surface area contributed by atoms with Crippen LogP contribution in [0.15, 0.2) is 61.2 Å². The van der Waals surface area contributed by atoms with Gasteiger partial charge in [0.1, 0.15) is 17.2 Å². The number of hydrogen-bond acceptors (Lipinski definition) is 6. The number of esters is 2. The van der Waals surface area contributed by atoms with Gasteiger partial charge in [-0.2, -0.15) is 0 Å². The van der Waals surface area contributed by atoms with E-state index < -0.39 is 5.97 Å². The lowest BCUT2D eigenvalue weighted by Gasteiger charge is -2.09. The zero-order valence-electron chi connectivity index (χ0n) is 20.1. The molecule has 2 rings (SSSR count). The largest absolute Gasteiger partial charge is 0.494 e. The number of rotatable bonds is 17. The normalized spacial score (nSPS) is 10.4. The Kier molecular flexibility index (Phi) is 13.0. The van der Waals surface area contributed by atoms with Crippen LogP contribution >= 0.6 is 0 Å². The van der Waals surface area contributed by atoms with Crippen molar-refractivity contribution in [3.8, 4) is 17.2 Å². The van der Waals surface area contributed by atoms with Crippen LogP contribution in [0.3, 0.4) is 0 Å². The van der Waals surface area contributed by atoms with Gasteiger partial charge in [0, 0.05) is 6.08 Å². The van der Waals surface area contributed by atoms with E-state index >= 15 is 0 Å². The first-order valence-corrected chi connectivity index (χ1v) is 12.1. The molecule has 6 heteroatoms. The van der Waals surface area contributed by atoms with Crippen molar-refractivity contribution < 1.29 is 28.5 Å². The van der Waals surface area contributed by atoms with Gasteiger partial charge in [-0.15, -0.1) is 0 Å². The molecule has 0 N–H and O–H groups in total. The zero-order chi connectivity index (χ0) is 24.4. The van der Waals surface area contributed by atoms with Gasteiger partial charge in [0.15, 0.2) is 0 Å². The highest BCUT2D eigenvalue weighted by molar-refractivity contribution is 5.91. The molecule has 6 nitrogen and oxygen atoms in total. The summed E-state index contributed by atoms with van der Waals surface area (Å²) >= 11 is 0. The third-order valence-electron chi connectivity index (χ3n) is 5.11. The first-order chi connectivity index (χ1) is 16.6. The standard InChI is InChI=1S/C28H36O6/c1-3-5-6-9-20-31-24-14-12-23(13-15-24)28(30)34-26-18-16-25(17-19-26)32-21-10-7-8-11-22-33-27(29)4-2/h4,12-19H,2-3,5-11,20-22H2,1H3. The topological polar surface area (TPSA) is 71.1 Å². The van der Waals surface area contributed by atoms with Crippen LogP contribution in [0.2, 0.25) is 0 Å². The van der Waals surface area contributed by atoms with Crippen LogP contribution in [0.1, 0.15) is 68.6 Å². The van der Waals surface area contributed by atoms with Crippen LogP contribution in [0.4, 0.5) is 0 Å². The van der Waals surface area contributed by atoms with Crippen molar-refractivity contribution in [2.45, 2.75) is 58.3 Å². The quantitative estimate of drug-likeness (QED) is 0.114. The Balaban J connectivity index is 1.63. The summed E-state index contributed by atoms with van der Waals surface area (Å²) in [6.45, 7) is 7.24. The van der Waals surface area contributed by atoms with E-state index in [0.29, 0.717) is 31.1 Å². The summed E-state index contributed by atoms with van der Waals surface area (Å²) in [4.78, 5) is 23.3. The van der Waals surface area contributed by atoms with Crippen molar-refractivity contribution in [2.75, 3.05) is 19.8 Å². The molecule has 184 valence electrons. The van der Waals surface area contributed by atoms with Crippen LogP contribution in [0, 0.1) is 0 Å². The lowest BCUT2D eigenvalue weighted by atomic mass is 10.2. The highest BCUT2D eigenvalue weighted by Gasteiger charge is 2.09. The van der Waals surface area contributed by atoms with E-state index in [2.05, 4.69) is 13.5 Å². The van der Waals surface area contributed by atoms with E-state index in [9.17, 15) is 9.59 Å². The second-order valence-electron chi connectivity index (χ2n) is 7.93. The second kappa shape index (κ2) is 16.4. The van der Waals surface area contributed by atoms with Gasteiger partial charge in [0.2, 0.25) is 0 Å². The summed E-state index contributed by atoms with van der Waals surface area (Å²) in [6.07, 6.45) is 9.49. The second-order valence-corrected chi connectivity index (χ2v) is 7.93. The van der Waals surface area contributed by atoms with Crippen LogP contribution in [-0.2, 0) is 9.53 Å². The molecule has 0 amide bonds. The summed E-state index contributed by atoms with van der Waals surface area (Å²) < 4.78 is 21.8. The summed E-state index contributed by atoms with van der Waals surface area (Å²) in [5, 5.41) is 0. The molecule has 0 aliphatic carbocycles. The summed E-state index contributed by atoms with van der Waals surface area (Å²) in [6, 6.07) is 14.0. The predicted octanol–water partition coefficient (Wildman–Crippen LogP) is 6.53. The highest BCUT2D eigenvalue weighted by atomic mass is 16.5. The van der Waals surface area contributed by atoms with Gasteiger partial charge < -0.3 is 18.9 Å². The number of carbonyl (C=O) groups excluding carboxylic acids is 2. The van der Waals surface area contributed by atoms with E-state index in [0.717, 1.165) is 43.6 Å². The fourth-order valence-electron chi connectivity index (χ4n) is 3.16. The average molecular weight is 469 g/mol. The minimum absolute atomic E-state index is 0.381. The van der Waals surface area contributed by atoms with Crippen molar-refractivity contribution in [1.29, 1.82) is 0 Å².